The van der Waals surface area contributed by atoms with E-state index in [-0.39, 0.29) is 53.6 Å². The third kappa shape index (κ3) is 4.63. The van der Waals surface area contributed by atoms with Gasteiger partial charge in [-0.25, -0.2) is 0 Å². The molecule has 7 heteroatoms. The number of rotatable bonds is 6. The van der Waals surface area contributed by atoms with E-state index in [9.17, 15) is 15.0 Å². The first-order valence-electron chi connectivity index (χ1n) is 19.4. The zero-order valence-corrected chi connectivity index (χ0v) is 29.4. The first-order valence-corrected chi connectivity index (χ1v) is 19.4. The van der Waals surface area contributed by atoms with Gasteiger partial charge in [-0.05, 0) is 142 Å². The number of carboxylic acids is 1. The third-order valence-corrected chi connectivity index (χ3v) is 16.7. The van der Waals surface area contributed by atoms with Crippen LogP contribution in [-0.2, 0) is 23.7 Å². The highest BCUT2D eigenvalue weighted by Gasteiger charge is 2.72. The summed E-state index contributed by atoms with van der Waals surface area (Å²) in [4.78, 5) is 11.3. The molecule has 3 saturated heterocycles. The van der Waals surface area contributed by atoms with Crippen LogP contribution in [0, 0.1) is 70.0 Å². The Bertz CT molecular complexity index is 1190. The number of carbonyl (C=O) groups is 1. The number of ether oxygens (including phenoxy) is 4. The van der Waals surface area contributed by atoms with E-state index >= 15 is 0 Å². The number of hydrogen-bond donors (Lipinski definition) is 2. The molecule has 8 fully saturated rings. The fourth-order valence-electron chi connectivity index (χ4n) is 14.3. The predicted molar refractivity (Wildman–Crippen MR) is 173 cm³/mol. The van der Waals surface area contributed by atoms with Crippen LogP contribution in [0.2, 0.25) is 0 Å². The lowest BCUT2D eigenvalue weighted by Crippen LogP contribution is -2.66. The summed E-state index contributed by atoms with van der Waals surface area (Å²) in [5, 5.41) is 21.2. The van der Waals surface area contributed by atoms with E-state index in [0.29, 0.717) is 53.3 Å². The number of aliphatic carboxylic acids is 1. The fraction of sp³-hybridized carbons (Fsp3) is 0.974. The minimum atomic E-state index is -0.681. The molecule has 5 aliphatic carbocycles. The highest BCUT2D eigenvalue weighted by Crippen LogP contribution is 2.69. The summed E-state index contributed by atoms with van der Waals surface area (Å²) < 4.78 is 27.3. The highest BCUT2D eigenvalue weighted by atomic mass is 16.9. The Labute approximate surface area is 277 Å². The van der Waals surface area contributed by atoms with Gasteiger partial charge in [0.15, 0.2) is 18.4 Å². The molecule has 0 radical (unpaired) electrons. The quantitative estimate of drug-likeness (QED) is 0.286. The first kappa shape index (κ1) is 32.5. The van der Waals surface area contributed by atoms with Crippen molar-refractivity contribution in [2.75, 3.05) is 0 Å². The maximum atomic E-state index is 11.9. The number of hydrogen-bond acceptors (Lipinski definition) is 6. The second kappa shape index (κ2) is 11.1. The van der Waals surface area contributed by atoms with E-state index in [0.717, 1.165) is 51.4 Å². The number of fused-ring (bicyclic) bond motifs is 6. The summed E-state index contributed by atoms with van der Waals surface area (Å²) in [5.41, 5.74) is 0.120. The van der Waals surface area contributed by atoms with Gasteiger partial charge in [0.1, 0.15) is 5.60 Å². The Hall–Kier alpha value is -0.730. The van der Waals surface area contributed by atoms with Gasteiger partial charge in [-0.1, -0.05) is 34.6 Å². The van der Waals surface area contributed by atoms with Gasteiger partial charge in [0.25, 0.3) is 0 Å². The molecule has 1 spiro atoms. The molecule has 9 unspecified atom stereocenters. The van der Waals surface area contributed by atoms with Gasteiger partial charge in [-0.2, -0.15) is 0 Å². The summed E-state index contributed by atoms with van der Waals surface area (Å²) in [6.45, 7) is 14.2. The molecular weight excluding hydrogens is 580 g/mol. The van der Waals surface area contributed by atoms with Crippen LogP contribution in [0.25, 0.3) is 0 Å². The fourth-order valence-corrected chi connectivity index (χ4v) is 14.3. The van der Waals surface area contributed by atoms with Gasteiger partial charge in [-0.15, -0.1) is 0 Å². The second-order valence-corrected chi connectivity index (χ2v) is 18.7. The van der Waals surface area contributed by atoms with Crippen LogP contribution in [0.3, 0.4) is 0 Å². The third-order valence-electron chi connectivity index (χ3n) is 16.7. The molecule has 18 atom stereocenters. The van der Waals surface area contributed by atoms with Gasteiger partial charge in [0.2, 0.25) is 0 Å². The van der Waals surface area contributed by atoms with Crippen molar-refractivity contribution >= 4 is 5.97 Å². The molecule has 260 valence electrons. The topological polar surface area (TPSA) is 94.5 Å². The minimum Gasteiger partial charge on any atom is -0.481 e. The Kier molecular flexibility index (Phi) is 7.86. The van der Waals surface area contributed by atoms with Crippen molar-refractivity contribution in [3.05, 3.63) is 0 Å². The molecule has 5 saturated carbocycles. The zero-order chi connectivity index (χ0) is 32.4. The van der Waals surface area contributed by atoms with Crippen molar-refractivity contribution in [2.24, 2.45) is 70.0 Å². The van der Waals surface area contributed by atoms with E-state index in [1.165, 1.54) is 32.1 Å². The van der Waals surface area contributed by atoms with E-state index in [4.69, 9.17) is 18.9 Å². The second-order valence-electron chi connectivity index (χ2n) is 18.7. The van der Waals surface area contributed by atoms with Crippen LogP contribution in [-0.4, -0.2) is 52.4 Å². The summed E-state index contributed by atoms with van der Waals surface area (Å²) in [5.74, 6) is 3.47. The molecule has 8 rings (SSSR count). The SMILES string of the molecule is C[C@H]1C(O[C@@H]2CC[C@@]3(C)C(C2)C[C@H](O)C2C3CC[C@@]3(C)C2CC[C@@H]3[C@H](C)CCC(=O)O)OC2O[C@@]3(C)CCC4[C@H](C)CCC1C24O3. The Morgan fingerprint density at radius 3 is 2.39 bits per heavy atom. The molecule has 3 aliphatic heterocycles. The smallest absolute Gasteiger partial charge is 0.303 e. The van der Waals surface area contributed by atoms with Gasteiger partial charge >= 0.3 is 5.97 Å². The van der Waals surface area contributed by atoms with Gasteiger partial charge in [-0.3, -0.25) is 4.79 Å². The molecule has 0 aromatic heterocycles. The van der Waals surface area contributed by atoms with E-state index in [1.54, 1.807) is 0 Å². The molecule has 0 amide bonds. The summed E-state index contributed by atoms with van der Waals surface area (Å²) in [6.07, 6.45) is 13.7. The van der Waals surface area contributed by atoms with Crippen molar-refractivity contribution in [1.82, 2.24) is 0 Å². The number of aliphatic hydroxyl groups is 1. The Morgan fingerprint density at radius 2 is 1.61 bits per heavy atom. The average molecular weight is 643 g/mol. The molecule has 7 nitrogen and oxygen atoms in total. The molecule has 2 N–H and O–H groups in total. The molecule has 8 aliphatic rings. The lowest BCUT2D eigenvalue weighted by molar-refractivity contribution is -0.348. The van der Waals surface area contributed by atoms with Crippen LogP contribution < -0.4 is 0 Å². The monoisotopic (exact) mass is 642 g/mol. The van der Waals surface area contributed by atoms with Crippen LogP contribution in [0.4, 0.5) is 0 Å². The molecule has 3 heterocycles. The predicted octanol–water partition coefficient (Wildman–Crippen LogP) is 7.78. The van der Waals surface area contributed by atoms with Crippen molar-refractivity contribution in [2.45, 2.75) is 168 Å². The van der Waals surface area contributed by atoms with E-state index in [2.05, 4.69) is 41.5 Å². The molecule has 0 aromatic carbocycles. The summed E-state index contributed by atoms with van der Waals surface area (Å²) in [7, 11) is 0. The molecule has 0 aromatic rings. The van der Waals surface area contributed by atoms with E-state index < -0.39 is 11.8 Å². The van der Waals surface area contributed by atoms with Crippen LogP contribution in [0.1, 0.15) is 131 Å². The van der Waals surface area contributed by atoms with Crippen molar-refractivity contribution in [1.29, 1.82) is 0 Å². The zero-order valence-electron chi connectivity index (χ0n) is 29.4. The summed E-state index contributed by atoms with van der Waals surface area (Å²) >= 11 is 0. The van der Waals surface area contributed by atoms with Gasteiger partial charge in [0.05, 0.1) is 12.2 Å². The largest absolute Gasteiger partial charge is 0.481 e. The van der Waals surface area contributed by atoms with Crippen LogP contribution in [0.5, 0.6) is 0 Å². The molecular formula is C39H62O7. The normalized spacial score (nSPS) is 57.9. The van der Waals surface area contributed by atoms with E-state index in [1.807, 2.05) is 0 Å². The molecule has 46 heavy (non-hydrogen) atoms. The van der Waals surface area contributed by atoms with Crippen LogP contribution >= 0.6 is 0 Å². The first-order chi connectivity index (χ1) is 21.8. The highest BCUT2D eigenvalue weighted by molar-refractivity contribution is 5.66. The number of aliphatic hydroxyl groups excluding tert-OH is 1. The maximum absolute atomic E-state index is 11.9. The lowest BCUT2D eigenvalue weighted by Gasteiger charge is -2.63. The van der Waals surface area contributed by atoms with Gasteiger partial charge < -0.3 is 29.2 Å². The maximum Gasteiger partial charge on any atom is 0.303 e. The number of carboxylic acid groups (broad SMARTS) is 1. The van der Waals surface area contributed by atoms with Crippen molar-refractivity contribution in [3.8, 4) is 0 Å². The summed E-state index contributed by atoms with van der Waals surface area (Å²) in [6, 6.07) is 0. The Balaban J connectivity index is 0.955. The lowest BCUT2D eigenvalue weighted by atomic mass is 9.43. The van der Waals surface area contributed by atoms with Crippen molar-refractivity contribution < 1.29 is 34.0 Å². The average Bonchev–Trinajstić information content (AvgIpc) is 3.46. The van der Waals surface area contributed by atoms with Crippen molar-refractivity contribution in [3.63, 3.8) is 0 Å². The van der Waals surface area contributed by atoms with Gasteiger partial charge in [0, 0.05) is 24.7 Å². The Morgan fingerprint density at radius 1 is 0.891 bits per heavy atom. The van der Waals surface area contributed by atoms with Crippen LogP contribution in [0.15, 0.2) is 0 Å². The molecule has 2 bridgehead atoms. The standard InChI is InChI=1S/C39H62O7/c1-21(8-12-32(41)42)26-10-11-29-33-30(14-17-37(26,29)5)36(4)16-13-25(19-24(36)20-31(33)40)43-34-23(3)28-9-7-22(2)27-15-18-38(6)45-35(44-34)39(27,28)46-38/h21-31,33-35,40H,7-20H2,1-6H3,(H,41,42)/t21-,22-,23-,24?,25-,26-,27?,28?,29?,30?,31+,33?,34?,35?,36+,37-,38-,39?/m1/s1. The minimum absolute atomic E-state index is 0.152.